The molecule has 7 nitrogen and oxygen atoms in total. The first kappa shape index (κ1) is 21.2. The van der Waals surface area contributed by atoms with Crippen LogP contribution in [-0.4, -0.2) is 29.9 Å². The van der Waals surface area contributed by atoms with E-state index in [1.165, 1.54) is 37.3 Å². The number of hydrogen-bond acceptors (Lipinski definition) is 4. The lowest BCUT2D eigenvalue weighted by molar-refractivity contribution is -0.116. The largest absolute Gasteiger partial charge is 0.336 e. The van der Waals surface area contributed by atoms with Gasteiger partial charge in [0.05, 0.1) is 4.90 Å². The van der Waals surface area contributed by atoms with Crippen LogP contribution in [0.2, 0.25) is 0 Å². The molecule has 0 fully saturated rings. The van der Waals surface area contributed by atoms with E-state index in [-0.39, 0.29) is 16.8 Å². The number of fused-ring (bicyclic) bond motifs is 1. The van der Waals surface area contributed by atoms with Gasteiger partial charge in [0.2, 0.25) is 15.9 Å². The number of aromatic nitrogens is 2. The van der Waals surface area contributed by atoms with Crippen LogP contribution in [0.4, 0.5) is 10.1 Å². The van der Waals surface area contributed by atoms with Crippen molar-refractivity contribution in [2.24, 2.45) is 7.05 Å². The monoisotopic (exact) mass is 442 g/mol. The van der Waals surface area contributed by atoms with Crippen molar-refractivity contribution in [1.29, 1.82) is 0 Å². The number of benzene rings is 2. The molecule has 31 heavy (non-hydrogen) atoms. The summed E-state index contributed by atoms with van der Waals surface area (Å²) in [7, 11) is -2.17. The summed E-state index contributed by atoms with van der Waals surface area (Å²) in [5.41, 5.74) is 2.11. The van der Waals surface area contributed by atoms with Crippen molar-refractivity contribution in [2.75, 3.05) is 4.90 Å². The smallest absolute Gasteiger partial charge is 0.241 e. The van der Waals surface area contributed by atoms with Crippen LogP contribution >= 0.6 is 0 Å². The second kappa shape index (κ2) is 7.90. The van der Waals surface area contributed by atoms with Crippen LogP contribution in [0.25, 0.3) is 0 Å². The zero-order valence-electron chi connectivity index (χ0n) is 17.4. The SMILES string of the molecule is CC(=O)N1c2ccc(S(=O)(=O)NC(c3ccc(F)cc3)c3nccn3C)cc2CC1C. The highest BCUT2D eigenvalue weighted by Crippen LogP contribution is 2.34. The van der Waals surface area contributed by atoms with Crippen LogP contribution in [0.5, 0.6) is 0 Å². The number of sulfonamides is 1. The number of halogens is 1. The van der Waals surface area contributed by atoms with Crippen molar-refractivity contribution in [3.05, 3.63) is 77.6 Å². The summed E-state index contributed by atoms with van der Waals surface area (Å²) in [6.45, 7) is 3.43. The fourth-order valence-corrected chi connectivity index (χ4v) is 5.29. The average molecular weight is 443 g/mol. The molecule has 2 heterocycles. The first-order chi connectivity index (χ1) is 14.7. The summed E-state index contributed by atoms with van der Waals surface area (Å²) < 4.78 is 44.4. The third kappa shape index (κ3) is 3.98. The van der Waals surface area contributed by atoms with Gasteiger partial charge in [-0.25, -0.2) is 17.8 Å². The second-order valence-electron chi connectivity index (χ2n) is 7.73. The first-order valence-corrected chi connectivity index (χ1v) is 11.3. The summed E-state index contributed by atoms with van der Waals surface area (Å²) in [4.78, 5) is 18.0. The number of rotatable bonds is 5. The summed E-state index contributed by atoms with van der Waals surface area (Å²) in [6.07, 6.45) is 3.87. The first-order valence-electron chi connectivity index (χ1n) is 9.85. The maximum absolute atomic E-state index is 13.4. The fourth-order valence-electron chi connectivity index (χ4n) is 4.06. The van der Waals surface area contributed by atoms with Gasteiger partial charge in [-0.2, -0.15) is 4.72 Å². The molecule has 2 aromatic carbocycles. The third-order valence-corrected chi connectivity index (χ3v) is 6.93. The highest BCUT2D eigenvalue weighted by Gasteiger charge is 2.31. The lowest BCUT2D eigenvalue weighted by Gasteiger charge is -2.21. The Morgan fingerprint density at radius 1 is 1.23 bits per heavy atom. The summed E-state index contributed by atoms with van der Waals surface area (Å²) in [6, 6.07) is 9.58. The van der Waals surface area contributed by atoms with Gasteiger partial charge in [-0.3, -0.25) is 4.79 Å². The Labute approximate surface area is 180 Å². The number of imidazole rings is 1. The Hall–Kier alpha value is -3.04. The highest BCUT2D eigenvalue weighted by molar-refractivity contribution is 7.89. The Kier molecular flexibility index (Phi) is 5.40. The lowest BCUT2D eigenvalue weighted by Crippen LogP contribution is -2.33. The van der Waals surface area contributed by atoms with Crippen molar-refractivity contribution >= 4 is 21.6 Å². The van der Waals surface area contributed by atoms with E-state index in [1.807, 2.05) is 6.92 Å². The minimum absolute atomic E-state index is 0.0297. The van der Waals surface area contributed by atoms with E-state index in [1.54, 1.807) is 41.0 Å². The van der Waals surface area contributed by atoms with Crippen LogP contribution in [0.1, 0.15) is 36.8 Å². The molecule has 1 aromatic heterocycles. The topological polar surface area (TPSA) is 84.3 Å². The van der Waals surface area contributed by atoms with E-state index in [0.29, 0.717) is 17.8 Å². The molecule has 9 heteroatoms. The van der Waals surface area contributed by atoms with Gasteiger partial charge in [0.1, 0.15) is 17.7 Å². The molecule has 1 N–H and O–H groups in total. The Morgan fingerprint density at radius 2 is 1.94 bits per heavy atom. The predicted molar refractivity (Wildman–Crippen MR) is 115 cm³/mol. The average Bonchev–Trinajstić information content (AvgIpc) is 3.28. The Morgan fingerprint density at radius 3 is 2.55 bits per heavy atom. The second-order valence-corrected chi connectivity index (χ2v) is 9.45. The van der Waals surface area contributed by atoms with Gasteiger partial charge in [-0.1, -0.05) is 12.1 Å². The number of amides is 1. The number of aryl methyl sites for hydroxylation is 1. The molecular weight excluding hydrogens is 419 g/mol. The fraction of sp³-hybridized carbons (Fsp3) is 0.273. The molecule has 0 radical (unpaired) electrons. The molecule has 0 bridgehead atoms. The van der Waals surface area contributed by atoms with Gasteiger partial charge in [0.15, 0.2) is 0 Å². The lowest BCUT2D eigenvalue weighted by atomic mass is 10.1. The number of nitrogens with one attached hydrogen (secondary N) is 1. The van der Waals surface area contributed by atoms with Crippen molar-refractivity contribution in [3.8, 4) is 0 Å². The molecule has 162 valence electrons. The standard InChI is InChI=1S/C22H23FN4O3S/c1-14-12-17-13-19(8-9-20(17)27(14)15(2)28)31(29,30)25-21(22-24-10-11-26(22)3)16-4-6-18(23)7-5-16/h4-11,13-14,21,25H,12H2,1-3H3. The molecule has 3 aromatic rings. The van der Waals surface area contributed by atoms with E-state index in [2.05, 4.69) is 9.71 Å². The van der Waals surface area contributed by atoms with Gasteiger partial charge in [0, 0.05) is 38.1 Å². The molecule has 1 amide bonds. The summed E-state index contributed by atoms with van der Waals surface area (Å²) in [5, 5.41) is 0. The van der Waals surface area contributed by atoms with E-state index in [9.17, 15) is 17.6 Å². The van der Waals surface area contributed by atoms with E-state index in [0.717, 1.165) is 11.3 Å². The maximum Gasteiger partial charge on any atom is 0.241 e. The molecule has 4 rings (SSSR count). The predicted octanol–water partition coefficient (Wildman–Crippen LogP) is 2.92. The van der Waals surface area contributed by atoms with Crippen molar-refractivity contribution in [3.63, 3.8) is 0 Å². The molecule has 1 aliphatic heterocycles. The normalized spacial score (nSPS) is 16.9. The molecule has 2 unspecified atom stereocenters. The molecule has 0 aliphatic carbocycles. The minimum atomic E-state index is -3.94. The highest BCUT2D eigenvalue weighted by atomic mass is 32.2. The zero-order valence-corrected chi connectivity index (χ0v) is 18.2. The number of carbonyl (C=O) groups excluding carboxylic acids is 1. The molecule has 0 saturated carbocycles. The number of anilines is 1. The van der Waals surface area contributed by atoms with Crippen LogP contribution < -0.4 is 9.62 Å². The molecule has 1 aliphatic rings. The number of hydrogen-bond donors (Lipinski definition) is 1. The van der Waals surface area contributed by atoms with Gasteiger partial charge < -0.3 is 9.47 Å². The molecular formula is C22H23FN4O3S. The maximum atomic E-state index is 13.4. The van der Waals surface area contributed by atoms with Crippen molar-refractivity contribution < 1.29 is 17.6 Å². The van der Waals surface area contributed by atoms with Gasteiger partial charge >= 0.3 is 0 Å². The minimum Gasteiger partial charge on any atom is -0.336 e. The van der Waals surface area contributed by atoms with E-state index in [4.69, 9.17) is 0 Å². The van der Waals surface area contributed by atoms with Gasteiger partial charge in [-0.15, -0.1) is 0 Å². The van der Waals surface area contributed by atoms with E-state index >= 15 is 0 Å². The Balaban J connectivity index is 1.71. The number of carbonyl (C=O) groups is 1. The van der Waals surface area contributed by atoms with Gasteiger partial charge in [0.25, 0.3) is 0 Å². The molecule has 0 spiro atoms. The van der Waals surface area contributed by atoms with Crippen molar-refractivity contribution in [1.82, 2.24) is 14.3 Å². The Bertz CT molecular complexity index is 1240. The van der Waals surface area contributed by atoms with Crippen LogP contribution in [0, 0.1) is 5.82 Å². The zero-order chi connectivity index (χ0) is 22.3. The van der Waals surface area contributed by atoms with Crippen LogP contribution in [-0.2, 0) is 28.3 Å². The number of nitrogens with zero attached hydrogens (tertiary/aromatic N) is 3. The van der Waals surface area contributed by atoms with Crippen LogP contribution in [0.15, 0.2) is 59.8 Å². The summed E-state index contributed by atoms with van der Waals surface area (Å²) >= 11 is 0. The quantitative estimate of drug-likeness (QED) is 0.659. The molecule has 0 saturated heterocycles. The van der Waals surface area contributed by atoms with Crippen molar-refractivity contribution in [2.45, 2.75) is 37.2 Å². The third-order valence-electron chi connectivity index (χ3n) is 5.51. The van der Waals surface area contributed by atoms with E-state index < -0.39 is 21.9 Å². The molecule has 2 atom stereocenters. The van der Waals surface area contributed by atoms with Gasteiger partial charge in [-0.05, 0) is 54.8 Å². The van der Waals surface area contributed by atoms with Crippen LogP contribution in [0.3, 0.4) is 0 Å². The summed E-state index contributed by atoms with van der Waals surface area (Å²) in [5.74, 6) is -0.00757.